The van der Waals surface area contributed by atoms with Gasteiger partial charge in [0.05, 0.1) is 6.54 Å². The molecule has 0 bridgehead atoms. The maximum atomic E-state index is 14.7. The molecule has 3 aliphatic rings. The maximum absolute atomic E-state index is 14.7. The topological polar surface area (TPSA) is 56.8 Å². The van der Waals surface area contributed by atoms with Gasteiger partial charge in [0.1, 0.15) is 14.9 Å². The molecule has 6 rings (SSSR count). The third kappa shape index (κ3) is 2.87. The molecule has 6 nitrogen and oxygen atoms in total. The van der Waals surface area contributed by atoms with Crippen LogP contribution in [0.3, 0.4) is 0 Å². The summed E-state index contributed by atoms with van der Waals surface area (Å²) in [6, 6.07) is 19.6. The molecule has 3 aliphatic heterocycles. The van der Waals surface area contributed by atoms with Crippen LogP contribution in [0.15, 0.2) is 72.9 Å². The second-order valence-corrected chi connectivity index (χ2v) is 11.3. The lowest BCUT2D eigenvalue weighted by molar-refractivity contribution is -0.139. The van der Waals surface area contributed by atoms with Crippen LogP contribution in [0.4, 0.5) is 10.1 Å². The smallest absolute Gasteiger partial charge is 0.254 e. The van der Waals surface area contributed by atoms with Gasteiger partial charge in [-0.25, -0.2) is 4.39 Å². The van der Waals surface area contributed by atoms with Crippen molar-refractivity contribution in [1.82, 2.24) is 14.8 Å². The molecule has 182 valence electrons. The summed E-state index contributed by atoms with van der Waals surface area (Å²) in [6.45, 7) is 0.676. The van der Waals surface area contributed by atoms with E-state index in [0.29, 0.717) is 34.4 Å². The first-order chi connectivity index (χ1) is 17.3. The van der Waals surface area contributed by atoms with Crippen LogP contribution in [0.25, 0.3) is 0 Å². The number of nitrogens with zero attached hydrogens (tertiary/aromatic N) is 4. The molecule has 0 radical (unpaired) electrons. The van der Waals surface area contributed by atoms with Gasteiger partial charge in [0, 0.05) is 42.7 Å². The fourth-order valence-electron chi connectivity index (χ4n) is 6.12. The third-order valence-electron chi connectivity index (χ3n) is 7.64. The molecule has 0 unspecified atom stereocenters. The minimum absolute atomic E-state index is 0.250. The molecule has 3 aromatic rings. The van der Waals surface area contributed by atoms with Crippen LogP contribution in [-0.2, 0) is 21.7 Å². The molecule has 0 saturated carbocycles. The molecule has 3 atom stereocenters. The van der Waals surface area contributed by atoms with Crippen LogP contribution in [0.5, 0.6) is 0 Å². The summed E-state index contributed by atoms with van der Waals surface area (Å²) in [6.07, 6.45) is 1.69. The van der Waals surface area contributed by atoms with Gasteiger partial charge in [0.25, 0.3) is 5.91 Å². The number of thiocarbonyl (C=S) groups is 1. The van der Waals surface area contributed by atoms with Crippen molar-refractivity contribution in [1.29, 1.82) is 0 Å². The molecule has 2 spiro atoms. The predicted octanol–water partition coefficient (Wildman–Crippen LogP) is 3.92. The summed E-state index contributed by atoms with van der Waals surface area (Å²) >= 11 is 7.05. The number of halogens is 1. The SMILES string of the molecule is CN1C(=O)[C@@]2(c3cc(F)ccc31)N(C)C[C@@H](c1ccccn1)[C@@]21SC(=S)N(Cc2ccccc2)C1=O. The molecule has 9 heteroatoms. The van der Waals surface area contributed by atoms with Crippen molar-refractivity contribution in [3.63, 3.8) is 0 Å². The van der Waals surface area contributed by atoms with Crippen molar-refractivity contribution in [2.45, 2.75) is 22.7 Å². The Morgan fingerprint density at radius 3 is 2.53 bits per heavy atom. The highest BCUT2D eigenvalue weighted by Crippen LogP contribution is 2.66. The van der Waals surface area contributed by atoms with E-state index in [0.717, 1.165) is 5.56 Å². The predicted molar refractivity (Wildman–Crippen MR) is 141 cm³/mol. The second-order valence-electron chi connectivity index (χ2n) is 9.40. The number of benzene rings is 2. The summed E-state index contributed by atoms with van der Waals surface area (Å²) in [5.74, 6) is -1.43. The van der Waals surface area contributed by atoms with Gasteiger partial charge in [-0.15, -0.1) is 0 Å². The third-order valence-corrected chi connectivity index (χ3v) is 9.58. The molecular weight excluding hydrogens is 495 g/mol. The lowest BCUT2D eigenvalue weighted by Gasteiger charge is -2.42. The molecule has 36 heavy (non-hydrogen) atoms. The minimum atomic E-state index is -1.45. The van der Waals surface area contributed by atoms with Gasteiger partial charge in [-0.3, -0.25) is 24.4 Å². The summed E-state index contributed by atoms with van der Waals surface area (Å²) < 4.78 is 13.8. The number of aromatic nitrogens is 1. The van der Waals surface area contributed by atoms with Crippen LogP contribution in [0, 0.1) is 5.82 Å². The average molecular weight is 519 g/mol. The van der Waals surface area contributed by atoms with E-state index in [1.54, 1.807) is 24.2 Å². The highest BCUT2D eigenvalue weighted by Gasteiger charge is 2.78. The first kappa shape index (κ1) is 23.3. The van der Waals surface area contributed by atoms with Crippen molar-refractivity contribution in [2.75, 3.05) is 25.5 Å². The first-order valence-electron chi connectivity index (χ1n) is 11.6. The standard InChI is InChI=1S/C27H23FN4O2S2/c1-30-16-20(21-10-6-7-13-29-21)27(24(34)32(25(35)36-27)15-17-8-4-3-5-9-17)26(30)19-14-18(28)11-12-22(19)31(2)23(26)33/h3-14,20H,15-16H2,1-2H3/t20-,26+,27-/m0/s1. The maximum Gasteiger partial charge on any atom is 0.254 e. The second kappa shape index (κ2) is 8.19. The van der Waals surface area contributed by atoms with Crippen LogP contribution in [0.2, 0.25) is 0 Å². The van der Waals surface area contributed by atoms with E-state index in [4.69, 9.17) is 12.2 Å². The molecule has 4 heterocycles. The van der Waals surface area contributed by atoms with E-state index in [2.05, 4.69) is 4.98 Å². The van der Waals surface area contributed by atoms with E-state index in [1.807, 2.05) is 60.5 Å². The van der Waals surface area contributed by atoms with Crippen LogP contribution >= 0.6 is 24.0 Å². The Kier molecular flexibility index (Phi) is 5.30. The molecule has 2 fully saturated rings. The van der Waals surface area contributed by atoms with Gasteiger partial charge < -0.3 is 4.90 Å². The molecule has 2 amide bonds. The van der Waals surface area contributed by atoms with Gasteiger partial charge in [0.15, 0.2) is 5.54 Å². The lowest BCUT2D eigenvalue weighted by Crippen LogP contribution is -2.62. The van der Waals surface area contributed by atoms with E-state index < -0.39 is 22.0 Å². The van der Waals surface area contributed by atoms with Crippen molar-refractivity contribution in [2.24, 2.45) is 0 Å². The molecule has 1 aromatic heterocycles. The number of fused-ring (bicyclic) bond motifs is 3. The number of carbonyl (C=O) groups excluding carboxylic acids is 2. The quantitative estimate of drug-likeness (QED) is 0.490. The number of carbonyl (C=O) groups is 2. The van der Waals surface area contributed by atoms with Gasteiger partial charge in [-0.2, -0.15) is 0 Å². The molecule has 2 saturated heterocycles. The Bertz CT molecular complexity index is 1410. The van der Waals surface area contributed by atoms with E-state index >= 15 is 0 Å². The van der Waals surface area contributed by atoms with Crippen molar-refractivity contribution >= 4 is 45.8 Å². The molecule has 0 aliphatic carbocycles. The summed E-state index contributed by atoms with van der Waals surface area (Å²) in [5, 5.41) is 0. The molecular formula is C27H23FN4O2S2. The largest absolute Gasteiger partial charge is 0.313 e. The number of likely N-dealkylation sites (N-methyl/N-ethyl adjacent to an activating group) is 2. The zero-order valence-electron chi connectivity index (χ0n) is 19.7. The number of likely N-dealkylation sites (tertiary alicyclic amines) is 1. The zero-order chi connectivity index (χ0) is 25.2. The Hall–Kier alpha value is -3.14. The van der Waals surface area contributed by atoms with E-state index in [1.165, 1.54) is 28.8 Å². The lowest BCUT2D eigenvalue weighted by atomic mass is 9.72. The number of hydrogen-bond acceptors (Lipinski definition) is 6. The Labute approximate surface area is 218 Å². The fourth-order valence-corrected chi connectivity index (χ4v) is 8.23. The summed E-state index contributed by atoms with van der Waals surface area (Å²) in [5.41, 5.74) is 1.27. The molecule has 0 N–H and O–H groups in total. The highest BCUT2D eigenvalue weighted by molar-refractivity contribution is 8.25. The monoisotopic (exact) mass is 518 g/mol. The van der Waals surface area contributed by atoms with Crippen molar-refractivity contribution < 1.29 is 14.0 Å². The first-order valence-corrected chi connectivity index (χ1v) is 12.8. The number of amides is 2. The molecule has 2 aromatic carbocycles. The Morgan fingerprint density at radius 1 is 1.06 bits per heavy atom. The van der Waals surface area contributed by atoms with Crippen molar-refractivity contribution in [3.8, 4) is 0 Å². The normalized spacial score (nSPS) is 27.6. The van der Waals surface area contributed by atoms with Crippen LogP contribution < -0.4 is 4.90 Å². The summed E-state index contributed by atoms with van der Waals surface area (Å²) in [7, 11) is 3.50. The van der Waals surface area contributed by atoms with Gasteiger partial charge in [-0.1, -0.05) is 60.4 Å². The van der Waals surface area contributed by atoms with Gasteiger partial charge in [0.2, 0.25) is 5.91 Å². The number of pyridine rings is 1. The van der Waals surface area contributed by atoms with E-state index in [9.17, 15) is 14.0 Å². The number of thioether (sulfide) groups is 1. The minimum Gasteiger partial charge on any atom is -0.313 e. The Morgan fingerprint density at radius 2 is 1.81 bits per heavy atom. The summed E-state index contributed by atoms with van der Waals surface area (Å²) in [4.78, 5) is 38.6. The van der Waals surface area contributed by atoms with E-state index in [-0.39, 0.29) is 11.8 Å². The van der Waals surface area contributed by atoms with Crippen LogP contribution in [-0.4, -0.2) is 56.3 Å². The zero-order valence-corrected chi connectivity index (χ0v) is 21.4. The highest BCUT2D eigenvalue weighted by atomic mass is 32.2. The number of anilines is 1. The average Bonchev–Trinajstić information content (AvgIpc) is 3.38. The van der Waals surface area contributed by atoms with Crippen molar-refractivity contribution in [3.05, 3.63) is 95.6 Å². The van der Waals surface area contributed by atoms with Gasteiger partial charge in [-0.05, 0) is 42.9 Å². The van der Waals surface area contributed by atoms with Gasteiger partial charge >= 0.3 is 0 Å². The number of hydrogen-bond donors (Lipinski definition) is 0. The fraction of sp³-hybridized carbons (Fsp3) is 0.259. The Balaban J connectivity index is 1.60. The van der Waals surface area contributed by atoms with Crippen LogP contribution in [0.1, 0.15) is 22.7 Å². The number of rotatable bonds is 3.